The smallest absolute Gasteiger partial charge is 0.238 e. The molecule has 0 radical (unpaired) electrons. The molecule has 1 rings (SSSR count). The molecule has 2 unspecified atom stereocenters. The van der Waals surface area contributed by atoms with Gasteiger partial charge in [0.1, 0.15) is 5.54 Å². The van der Waals surface area contributed by atoms with Crippen molar-refractivity contribution in [2.45, 2.75) is 58.4 Å². The molecule has 0 aromatic rings. The predicted octanol–water partition coefficient (Wildman–Crippen LogP) is 1.99. The molecule has 0 aliphatic heterocycles. The molecule has 118 valence electrons. The molecule has 0 aromatic heterocycles. The third-order valence-corrected chi connectivity index (χ3v) is 4.70. The van der Waals surface area contributed by atoms with Gasteiger partial charge in [-0.25, -0.2) is 0 Å². The topological polar surface area (TPSA) is 58.4 Å². The van der Waals surface area contributed by atoms with E-state index in [9.17, 15) is 4.79 Å². The highest BCUT2D eigenvalue weighted by molar-refractivity contribution is 5.85. The summed E-state index contributed by atoms with van der Waals surface area (Å²) in [6.45, 7) is 9.56. The van der Waals surface area contributed by atoms with E-state index in [4.69, 9.17) is 5.73 Å². The maximum Gasteiger partial charge on any atom is 0.238 e. The van der Waals surface area contributed by atoms with E-state index in [1.54, 1.807) is 0 Å². The monoisotopic (exact) mass is 283 g/mol. The summed E-state index contributed by atoms with van der Waals surface area (Å²) in [6, 6.07) is 0. The lowest BCUT2D eigenvalue weighted by molar-refractivity contribution is -0.126. The largest absolute Gasteiger partial charge is 0.368 e. The molecule has 0 bridgehead atoms. The molecular weight excluding hydrogens is 250 g/mol. The first-order valence-electron chi connectivity index (χ1n) is 8.15. The van der Waals surface area contributed by atoms with Gasteiger partial charge in [0, 0.05) is 0 Å². The van der Waals surface area contributed by atoms with Gasteiger partial charge in [0.05, 0.1) is 0 Å². The molecule has 1 aliphatic carbocycles. The number of hydrogen-bond donors (Lipinski definition) is 2. The minimum absolute atomic E-state index is 0.160. The van der Waals surface area contributed by atoms with Gasteiger partial charge in [-0.1, -0.05) is 27.2 Å². The number of hydrogen-bond acceptors (Lipinski definition) is 3. The molecule has 0 spiro atoms. The number of nitrogens with two attached hydrogens (primary N) is 1. The van der Waals surface area contributed by atoms with Crippen molar-refractivity contribution in [2.75, 3.05) is 26.7 Å². The standard InChI is InChI=1S/C16H33N3O/c1-5-18-16(15(17)20)10-6-7-14(16)9-12-19(4)11-8-13(2)3/h13-14,18H,5-12H2,1-4H3,(H2,17,20). The van der Waals surface area contributed by atoms with Gasteiger partial charge < -0.3 is 16.0 Å². The van der Waals surface area contributed by atoms with Crippen LogP contribution in [0.1, 0.15) is 52.9 Å². The van der Waals surface area contributed by atoms with Crippen LogP contribution >= 0.6 is 0 Å². The molecule has 3 N–H and O–H groups in total. The van der Waals surface area contributed by atoms with Crippen molar-refractivity contribution in [3.8, 4) is 0 Å². The van der Waals surface area contributed by atoms with E-state index in [1.807, 2.05) is 0 Å². The summed E-state index contributed by atoms with van der Waals surface area (Å²) in [7, 11) is 2.18. The Hall–Kier alpha value is -0.610. The van der Waals surface area contributed by atoms with Crippen molar-refractivity contribution in [1.82, 2.24) is 10.2 Å². The van der Waals surface area contributed by atoms with Crippen molar-refractivity contribution in [3.63, 3.8) is 0 Å². The first-order chi connectivity index (χ1) is 9.42. The normalized spacial score (nSPS) is 26.6. The second-order valence-corrected chi connectivity index (χ2v) is 6.73. The summed E-state index contributed by atoms with van der Waals surface area (Å²) in [5, 5.41) is 3.39. The van der Waals surface area contributed by atoms with Gasteiger partial charge in [-0.2, -0.15) is 0 Å². The molecule has 1 saturated carbocycles. The third kappa shape index (κ3) is 4.45. The zero-order valence-corrected chi connectivity index (χ0v) is 13.7. The van der Waals surface area contributed by atoms with Crippen LogP contribution in [0.2, 0.25) is 0 Å². The highest BCUT2D eigenvalue weighted by Gasteiger charge is 2.46. The van der Waals surface area contributed by atoms with E-state index in [1.165, 1.54) is 6.42 Å². The van der Waals surface area contributed by atoms with Crippen LogP contribution in [-0.4, -0.2) is 43.0 Å². The molecular formula is C16H33N3O. The van der Waals surface area contributed by atoms with Crippen molar-refractivity contribution in [2.24, 2.45) is 17.6 Å². The number of carbonyl (C=O) groups excluding carboxylic acids is 1. The fourth-order valence-electron chi connectivity index (χ4n) is 3.39. The second-order valence-electron chi connectivity index (χ2n) is 6.73. The molecule has 1 amide bonds. The van der Waals surface area contributed by atoms with E-state index in [0.29, 0.717) is 5.92 Å². The highest BCUT2D eigenvalue weighted by Crippen LogP contribution is 2.37. The lowest BCUT2D eigenvalue weighted by Gasteiger charge is -2.34. The van der Waals surface area contributed by atoms with Crippen LogP contribution in [0.4, 0.5) is 0 Å². The molecule has 2 atom stereocenters. The molecule has 4 nitrogen and oxygen atoms in total. The number of primary amides is 1. The zero-order valence-electron chi connectivity index (χ0n) is 13.7. The SMILES string of the molecule is CCNC1(C(N)=O)CCCC1CCN(C)CCC(C)C. The Morgan fingerprint density at radius 3 is 2.70 bits per heavy atom. The molecule has 0 heterocycles. The average molecular weight is 283 g/mol. The van der Waals surface area contributed by atoms with Gasteiger partial charge in [-0.05, 0) is 64.2 Å². The molecule has 4 heteroatoms. The Morgan fingerprint density at radius 1 is 1.45 bits per heavy atom. The van der Waals surface area contributed by atoms with Crippen molar-refractivity contribution < 1.29 is 4.79 Å². The maximum absolute atomic E-state index is 11.9. The van der Waals surface area contributed by atoms with E-state index in [2.05, 4.69) is 38.0 Å². The first kappa shape index (κ1) is 17.4. The number of amides is 1. The number of rotatable bonds is 9. The Bertz CT molecular complexity index is 306. The minimum atomic E-state index is -0.451. The van der Waals surface area contributed by atoms with E-state index in [0.717, 1.165) is 51.2 Å². The maximum atomic E-state index is 11.9. The van der Waals surface area contributed by atoms with E-state index >= 15 is 0 Å². The van der Waals surface area contributed by atoms with Gasteiger partial charge in [0.2, 0.25) is 5.91 Å². The Kier molecular flexibility index (Phi) is 6.96. The second kappa shape index (κ2) is 7.99. The molecule has 0 saturated heterocycles. The van der Waals surface area contributed by atoms with Gasteiger partial charge in [-0.3, -0.25) is 4.79 Å². The lowest BCUT2D eigenvalue weighted by Crippen LogP contribution is -2.58. The number of nitrogens with zero attached hydrogens (tertiary/aromatic N) is 1. The van der Waals surface area contributed by atoms with E-state index < -0.39 is 5.54 Å². The van der Waals surface area contributed by atoms with Crippen LogP contribution in [0.5, 0.6) is 0 Å². The Labute approximate surface area is 124 Å². The fraction of sp³-hybridized carbons (Fsp3) is 0.938. The third-order valence-electron chi connectivity index (χ3n) is 4.70. The summed E-state index contributed by atoms with van der Waals surface area (Å²) >= 11 is 0. The number of nitrogens with one attached hydrogen (secondary N) is 1. The van der Waals surface area contributed by atoms with Crippen LogP contribution in [-0.2, 0) is 4.79 Å². The number of likely N-dealkylation sites (N-methyl/N-ethyl adjacent to an activating group) is 1. The Morgan fingerprint density at radius 2 is 2.15 bits per heavy atom. The quantitative estimate of drug-likeness (QED) is 0.680. The molecule has 1 aliphatic rings. The lowest BCUT2D eigenvalue weighted by atomic mass is 9.83. The minimum Gasteiger partial charge on any atom is -0.368 e. The zero-order chi connectivity index (χ0) is 15.2. The first-order valence-corrected chi connectivity index (χ1v) is 8.15. The van der Waals surface area contributed by atoms with Gasteiger partial charge in [-0.15, -0.1) is 0 Å². The van der Waals surface area contributed by atoms with Crippen molar-refractivity contribution in [1.29, 1.82) is 0 Å². The summed E-state index contributed by atoms with van der Waals surface area (Å²) in [5.74, 6) is 0.975. The van der Waals surface area contributed by atoms with Gasteiger partial charge in [0.25, 0.3) is 0 Å². The van der Waals surface area contributed by atoms with Crippen LogP contribution < -0.4 is 11.1 Å². The van der Waals surface area contributed by atoms with E-state index in [-0.39, 0.29) is 5.91 Å². The van der Waals surface area contributed by atoms with Gasteiger partial charge in [0.15, 0.2) is 0 Å². The number of carbonyl (C=O) groups is 1. The summed E-state index contributed by atoms with van der Waals surface area (Å²) in [5.41, 5.74) is 5.25. The van der Waals surface area contributed by atoms with Crippen LogP contribution in [0.25, 0.3) is 0 Å². The van der Waals surface area contributed by atoms with Gasteiger partial charge >= 0.3 is 0 Å². The summed E-state index contributed by atoms with van der Waals surface area (Å²) in [4.78, 5) is 14.3. The predicted molar refractivity (Wildman–Crippen MR) is 84.5 cm³/mol. The van der Waals surface area contributed by atoms with Crippen molar-refractivity contribution >= 4 is 5.91 Å². The molecule has 1 fully saturated rings. The van der Waals surface area contributed by atoms with Crippen LogP contribution in [0.3, 0.4) is 0 Å². The molecule has 20 heavy (non-hydrogen) atoms. The van der Waals surface area contributed by atoms with Crippen LogP contribution in [0.15, 0.2) is 0 Å². The fourth-order valence-corrected chi connectivity index (χ4v) is 3.39. The average Bonchev–Trinajstić information content (AvgIpc) is 2.78. The van der Waals surface area contributed by atoms with Crippen molar-refractivity contribution in [3.05, 3.63) is 0 Å². The summed E-state index contributed by atoms with van der Waals surface area (Å²) < 4.78 is 0. The summed E-state index contributed by atoms with van der Waals surface area (Å²) in [6.07, 6.45) is 5.42. The van der Waals surface area contributed by atoms with Crippen LogP contribution in [0, 0.1) is 11.8 Å². The molecule has 0 aromatic carbocycles. The Balaban J connectivity index is 2.50. The highest BCUT2D eigenvalue weighted by atomic mass is 16.1.